The first-order valence-corrected chi connectivity index (χ1v) is 5.59. The SMILES string of the molecule is C#CC1CC(=O)N(CCCCCC(=O)O)C1. The van der Waals surface area contributed by atoms with Crippen molar-refractivity contribution in [3.05, 3.63) is 0 Å². The van der Waals surface area contributed by atoms with Crippen molar-refractivity contribution in [2.24, 2.45) is 5.92 Å². The zero-order valence-corrected chi connectivity index (χ0v) is 9.32. The Kier molecular flexibility index (Phi) is 4.84. The van der Waals surface area contributed by atoms with Crippen molar-refractivity contribution in [3.63, 3.8) is 0 Å². The molecule has 1 aliphatic heterocycles. The average molecular weight is 223 g/mol. The van der Waals surface area contributed by atoms with E-state index in [1.807, 2.05) is 0 Å². The lowest BCUT2D eigenvalue weighted by Crippen LogP contribution is -2.26. The summed E-state index contributed by atoms with van der Waals surface area (Å²) < 4.78 is 0. The zero-order chi connectivity index (χ0) is 12.0. The van der Waals surface area contributed by atoms with Crippen LogP contribution in [0.25, 0.3) is 0 Å². The summed E-state index contributed by atoms with van der Waals surface area (Å²) in [6, 6.07) is 0. The number of carboxylic acid groups (broad SMARTS) is 1. The highest BCUT2D eigenvalue weighted by atomic mass is 16.4. The summed E-state index contributed by atoms with van der Waals surface area (Å²) in [6.07, 6.45) is 8.32. The van der Waals surface area contributed by atoms with Gasteiger partial charge in [0.05, 0.1) is 0 Å². The lowest BCUT2D eigenvalue weighted by Gasteiger charge is -2.15. The number of carbonyl (C=O) groups is 2. The number of nitrogens with zero attached hydrogens (tertiary/aromatic N) is 1. The molecule has 88 valence electrons. The van der Waals surface area contributed by atoms with E-state index in [4.69, 9.17) is 11.5 Å². The molecule has 1 saturated heterocycles. The number of rotatable bonds is 6. The Morgan fingerprint density at radius 1 is 1.50 bits per heavy atom. The molecule has 1 atom stereocenters. The molecule has 1 rings (SSSR count). The highest BCUT2D eigenvalue weighted by Crippen LogP contribution is 2.17. The second-order valence-electron chi connectivity index (χ2n) is 4.11. The minimum absolute atomic E-state index is 0.0616. The quantitative estimate of drug-likeness (QED) is 0.542. The molecule has 0 saturated carbocycles. The molecule has 1 amide bonds. The van der Waals surface area contributed by atoms with Gasteiger partial charge in [-0.15, -0.1) is 12.3 Å². The summed E-state index contributed by atoms with van der Waals surface area (Å²) in [5, 5.41) is 8.45. The van der Waals surface area contributed by atoms with Gasteiger partial charge in [-0.3, -0.25) is 9.59 Å². The molecule has 1 unspecified atom stereocenters. The van der Waals surface area contributed by atoms with E-state index in [0.717, 1.165) is 12.8 Å². The Morgan fingerprint density at radius 2 is 2.25 bits per heavy atom. The summed E-state index contributed by atoms with van der Waals surface area (Å²) in [7, 11) is 0. The first-order chi connectivity index (χ1) is 7.63. The zero-order valence-electron chi connectivity index (χ0n) is 9.32. The predicted octanol–water partition coefficient (Wildman–Crippen LogP) is 1.11. The third-order valence-corrected chi connectivity index (χ3v) is 2.77. The fourth-order valence-electron chi connectivity index (χ4n) is 1.86. The number of aliphatic carboxylic acids is 1. The van der Waals surface area contributed by atoms with Gasteiger partial charge >= 0.3 is 5.97 Å². The molecule has 0 aromatic rings. The molecule has 1 heterocycles. The van der Waals surface area contributed by atoms with Crippen LogP contribution in [0.3, 0.4) is 0 Å². The maximum atomic E-state index is 11.5. The second-order valence-corrected chi connectivity index (χ2v) is 4.11. The van der Waals surface area contributed by atoms with Crippen molar-refractivity contribution in [2.45, 2.75) is 32.1 Å². The van der Waals surface area contributed by atoms with E-state index in [1.54, 1.807) is 4.90 Å². The molecule has 0 bridgehead atoms. The van der Waals surface area contributed by atoms with Crippen LogP contribution in [-0.4, -0.2) is 35.0 Å². The maximum absolute atomic E-state index is 11.5. The van der Waals surface area contributed by atoms with E-state index in [-0.39, 0.29) is 18.2 Å². The predicted molar refractivity (Wildman–Crippen MR) is 59.6 cm³/mol. The Morgan fingerprint density at radius 3 is 2.81 bits per heavy atom. The molecule has 1 aliphatic rings. The molecule has 1 fully saturated rings. The van der Waals surface area contributed by atoms with Gasteiger partial charge in [0, 0.05) is 31.8 Å². The first-order valence-electron chi connectivity index (χ1n) is 5.59. The summed E-state index contributed by atoms with van der Waals surface area (Å²) in [5.74, 6) is 2.03. The summed E-state index contributed by atoms with van der Waals surface area (Å²) >= 11 is 0. The molecule has 0 radical (unpaired) electrons. The van der Waals surface area contributed by atoms with E-state index >= 15 is 0 Å². The molecule has 0 spiro atoms. The molecule has 4 nitrogen and oxygen atoms in total. The van der Waals surface area contributed by atoms with Crippen molar-refractivity contribution in [1.29, 1.82) is 0 Å². The van der Waals surface area contributed by atoms with Crippen molar-refractivity contribution in [1.82, 2.24) is 4.90 Å². The number of hydrogen-bond donors (Lipinski definition) is 1. The van der Waals surface area contributed by atoms with Gasteiger partial charge in [0.15, 0.2) is 0 Å². The van der Waals surface area contributed by atoms with E-state index in [2.05, 4.69) is 5.92 Å². The fourth-order valence-corrected chi connectivity index (χ4v) is 1.86. The van der Waals surface area contributed by atoms with Gasteiger partial charge in [-0.05, 0) is 12.8 Å². The van der Waals surface area contributed by atoms with Crippen LogP contribution >= 0.6 is 0 Å². The number of carboxylic acids is 1. The minimum Gasteiger partial charge on any atom is -0.481 e. The topological polar surface area (TPSA) is 57.6 Å². The summed E-state index contributed by atoms with van der Waals surface area (Å²) in [4.78, 5) is 23.5. The van der Waals surface area contributed by atoms with Gasteiger partial charge in [-0.1, -0.05) is 6.42 Å². The van der Waals surface area contributed by atoms with E-state index in [9.17, 15) is 9.59 Å². The number of likely N-dealkylation sites (tertiary alicyclic amines) is 1. The van der Waals surface area contributed by atoms with Crippen LogP contribution in [0.1, 0.15) is 32.1 Å². The third kappa shape index (κ3) is 3.93. The van der Waals surface area contributed by atoms with E-state index in [0.29, 0.717) is 25.9 Å². The Bertz CT molecular complexity index is 306. The Hall–Kier alpha value is -1.50. The monoisotopic (exact) mass is 223 g/mol. The number of terminal acetylenes is 1. The Balaban J connectivity index is 2.12. The lowest BCUT2D eigenvalue weighted by molar-refractivity contribution is -0.137. The van der Waals surface area contributed by atoms with Crippen LogP contribution in [0.15, 0.2) is 0 Å². The normalized spacial score (nSPS) is 19.8. The molecule has 0 aromatic heterocycles. The van der Waals surface area contributed by atoms with Crippen LogP contribution in [0.2, 0.25) is 0 Å². The molecule has 1 N–H and O–H groups in total. The molecule has 16 heavy (non-hydrogen) atoms. The number of unbranched alkanes of at least 4 members (excludes halogenated alkanes) is 2. The summed E-state index contributed by atoms with van der Waals surface area (Å²) in [5.41, 5.74) is 0. The molecular formula is C12H17NO3. The highest BCUT2D eigenvalue weighted by molar-refractivity contribution is 5.79. The number of amides is 1. The van der Waals surface area contributed by atoms with Crippen molar-refractivity contribution in [3.8, 4) is 12.3 Å². The van der Waals surface area contributed by atoms with Gasteiger partial charge in [0.25, 0.3) is 0 Å². The molecule has 0 aromatic carbocycles. The van der Waals surface area contributed by atoms with Crippen molar-refractivity contribution in [2.75, 3.05) is 13.1 Å². The minimum atomic E-state index is -0.760. The van der Waals surface area contributed by atoms with Gasteiger partial charge in [0.2, 0.25) is 5.91 Å². The van der Waals surface area contributed by atoms with Gasteiger partial charge in [0.1, 0.15) is 0 Å². The first kappa shape index (κ1) is 12.6. The maximum Gasteiger partial charge on any atom is 0.303 e. The van der Waals surface area contributed by atoms with Gasteiger partial charge in [-0.2, -0.15) is 0 Å². The largest absolute Gasteiger partial charge is 0.481 e. The summed E-state index contributed by atoms with van der Waals surface area (Å²) in [6.45, 7) is 1.37. The van der Waals surface area contributed by atoms with Crippen LogP contribution < -0.4 is 0 Å². The van der Waals surface area contributed by atoms with Crippen LogP contribution in [0.4, 0.5) is 0 Å². The molecular weight excluding hydrogens is 206 g/mol. The number of hydrogen-bond acceptors (Lipinski definition) is 2. The Labute approximate surface area is 95.6 Å². The molecule has 4 heteroatoms. The number of carbonyl (C=O) groups excluding carboxylic acids is 1. The lowest BCUT2D eigenvalue weighted by atomic mass is 10.1. The molecule has 0 aliphatic carbocycles. The average Bonchev–Trinajstić information content (AvgIpc) is 2.59. The van der Waals surface area contributed by atoms with Crippen LogP contribution in [0, 0.1) is 18.3 Å². The third-order valence-electron chi connectivity index (χ3n) is 2.77. The van der Waals surface area contributed by atoms with Crippen molar-refractivity contribution >= 4 is 11.9 Å². The van der Waals surface area contributed by atoms with Crippen molar-refractivity contribution < 1.29 is 14.7 Å². The van der Waals surface area contributed by atoms with E-state index in [1.165, 1.54) is 0 Å². The highest BCUT2D eigenvalue weighted by Gasteiger charge is 2.27. The van der Waals surface area contributed by atoms with E-state index < -0.39 is 5.97 Å². The smallest absolute Gasteiger partial charge is 0.303 e. The fraction of sp³-hybridized carbons (Fsp3) is 0.667. The second kappa shape index (κ2) is 6.16. The van der Waals surface area contributed by atoms with Crippen LogP contribution in [0.5, 0.6) is 0 Å². The van der Waals surface area contributed by atoms with Gasteiger partial charge < -0.3 is 10.0 Å². The standard InChI is InChI=1S/C12H17NO3/c1-2-10-8-11(14)13(9-10)7-5-3-4-6-12(15)16/h1,10H,3-9H2,(H,15,16). The van der Waals surface area contributed by atoms with Crippen LogP contribution in [-0.2, 0) is 9.59 Å². The van der Waals surface area contributed by atoms with Gasteiger partial charge in [-0.25, -0.2) is 0 Å².